The molecule has 0 fully saturated rings. The Bertz CT molecular complexity index is 754. The van der Waals surface area contributed by atoms with Crippen LogP contribution >= 0.6 is 11.6 Å². The Kier molecular flexibility index (Phi) is 2.91. The molecule has 0 spiro atoms. The van der Waals surface area contributed by atoms with Gasteiger partial charge < -0.3 is 0 Å². The molecule has 2 nitrogen and oxygen atoms in total. The molecule has 94 valence electrons. The maximum Gasteiger partial charge on any atom is 0.161 e. The zero-order chi connectivity index (χ0) is 13.4. The van der Waals surface area contributed by atoms with E-state index in [4.69, 9.17) is 11.6 Å². The van der Waals surface area contributed by atoms with Gasteiger partial charge in [-0.2, -0.15) is 0 Å². The third-order valence-electron chi connectivity index (χ3n) is 2.92. The number of hydrogen-bond acceptors (Lipinski definition) is 2. The largest absolute Gasteiger partial charge is 0.228 e. The molecule has 0 unspecified atom stereocenters. The van der Waals surface area contributed by atoms with Gasteiger partial charge in [0, 0.05) is 17.0 Å². The number of aromatic nitrogens is 2. The molecule has 0 aliphatic heterocycles. The highest BCUT2D eigenvalue weighted by Crippen LogP contribution is 2.25. The fraction of sp³-hybridized carbons (Fsp3) is 0.0667. The van der Waals surface area contributed by atoms with E-state index in [1.54, 1.807) is 6.07 Å². The molecule has 0 N–H and O–H groups in total. The van der Waals surface area contributed by atoms with E-state index in [0.29, 0.717) is 21.9 Å². The van der Waals surface area contributed by atoms with Crippen molar-refractivity contribution in [2.75, 3.05) is 0 Å². The van der Waals surface area contributed by atoms with E-state index < -0.39 is 0 Å². The van der Waals surface area contributed by atoms with E-state index in [-0.39, 0.29) is 5.82 Å². The van der Waals surface area contributed by atoms with E-state index in [0.717, 1.165) is 11.1 Å². The average molecular weight is 273 g/mol. The van der Waals surface area contributed by atoms with Crippen LogP contribution in [0.15, 0.2) is 42.5 Å². The Balaban J connectivity index is 2.22. The second-order valence-corrected chi connectivity index (χ2v) is 4.72. The molecule has 0 saturated heterocycles. The Morgan fingerprint density at radius 1 is 1.00 bits per heavy atom. The number of fused-ring (bicyclic) bond motifs is 1. The number of rotatable bonds is 1. The van der Waals surface area contributed by atoms with Crippen LogP contribution < -0.4 is 0 Å². The quantitative estimate of drug-likeness (QED) is 0.614. The highest BCUT2D eigenvalue weighted by Gasteiger charge is 2.08. The summed E-state index contributed by atoms with van der Waals surface area (Å²) >= 11 is 6.12. The summed E-state index contributed by atoms with van der Waals surface area (Å²) in [5.74, 6) is 0.167. The van der Waals surface area contributed by atoms with Gasteiger partial charge in [0.1, 0.15) is 11.0 Å². The molecule has 0 bridgehead atoms. The summed E-state index contributed by atoms with van der Waals surface area (Å²) in [6.07, 6.45) is 0. The summed E-state index contributed by atoms with van der Waals surface area (Å²) < 4.78 is 13.3. The summed E-state index contributed by atoms with van der Waals surface area (Å²) in [5, 5.41) is 0.986. The third kappa shape index (κ3) is 2.29. The molecule has 3 rings (SSSR count). The van der Waals surface area contributed by atoms with Crippen LogP contribution in [0.3, 0.4) is 0 Å². The van der Waals surface area contributed by atoms with Crippen molar-refractivity contribution >= 4 is 22.5 Å². The monoisotopic (exact) mass is 272 g/mol. The van der Waals surface area contributed by atoms with Gasteiger partial charge >= 0.3 is 0 Å². The van der Waals surface area contributed by atoms with E-state index >= 15 is 0 Å². The highest BCUT2D eigenvalue weighted by molar-refractivity contribution is 6.34. The maximum atomic E-state index is 13.3. The summed E-state index contributed by atoms with van der Waals surface area (Å²) in [5.41, 5.74) is 2.52. The van der Waals surface area contributed by atoms with Crippen LogP contribution in [0.5, 0.6) is 0 Å². The first-order valence-electron chi connectivity index (χ1n) is 5.83. The van der Waals surface area contributed by atoms with E-state index in [2.05, 4.69) is 9.97 Å². The van der Waals surface area contributed by atoms with Gasteiger partial charge in [0.15, 0.2) is 5.82 Å². The van der Waals surface area contributed by atoms with Crippen molar-refractivity contribution < 1.29 is 4.39 Å². The number of aryl methyl sites for hydroxylation is 1. The normalized spacial score (nSPS) is 10.9. The SMILES string of the molecule is Cc1ccc(-c2nc(Cl)c3ccc(F)cc3n2)cc1. The van der Waals surface area contributed by atoms with Gasteiger partial charge in [0.05, 0.1) is 5.52 Å². The smallest absolute Gasteiger partial charge is 0.161 e. The number of hydrogen-bond donors (Lipinski definition) is 0. The summed E-state index contributed by atoms with van der Waals surface area (Å²) in [7, 11) is 0. The molecule has 2 aromatic carbocycles. The molecule has 1 heterocycles. The Morgan fingerprint density at radius 3 is 2.47 bits per heavy atom. The van der Waals surface area contributed by atoms with Crippen molar-refractivity contribution in [3.63, 3.8) is 0 Å². The first-order chi connectivity index (χ1) is 9.13. The van der Waals surface area contributed by atoms with Gasteiger partial charge in [-0.05, 0) is 19.1 Å². The van der Waals surface area contributed by atoms with Gasteiger partial charge in [-0.1, -0.05) is 41.4 Å². The van der Waals surface area contributed by atoms with Gasteiger partial charge in [-0.15, -0.1) is 0 Å². The first-order valence-corrected chi connectivity index (χ1v) is 6.21. The lowest BCUT2D eigenvalue weighted by Gasteiger charge is -2.05. The fourth-order valence-corrected chi connectivity index (χ4v) is 2.14. The molecule has 4 heteroatoms. The fourth-order valence-electron chi connectivity index (χ4n) is 1.90. The first kappa shape index (κ1) is 12.1. The summed E-state index contributed by atoms with van der Waals surface area (Å²) in [4.78, 5) is 8.62. The lowest BCUT2D eigenvalue weighted by molar-refractivity contribution is 0.629. The van der Waals surface area contributed by atoms with Crippen molar-refractivity contribution in [3.8, 4) is 11.4 Å². The van der Waals surface area contributed by atoms with Crippen LogP contribution in [-0.2, 0) is 0 Å². The molecule has 0 amide bonds. The van der Waals surface area contributed by atoms with Gasteiger partial charge in [-0.25, -0.2) is 14.4 Å². The number of benzene rings is 2. The predicted octanol–water partition coefficient (Wildman–Crippen LogP) is 4.40. The highest BCUT2D eigenvalue weighted by atomic mass is 35.5. The molecule has 0 radical (unpaired) electrons. The standard InChI is InChI=1S/C15H10ClFN2/c1-9-2-4-10(5-3-9)15-18-13-8-11(17)6-7-12(13)14(16)19-15/h2-8H,1H3. The van der Waals surface area contributed by atoms with Crippen molar-refractivity contribution in [1.82, 2.24) is 9.97 Å². The molecule has 0 aliphatic carbocycles. The molecule has 19 heavy (non-hydrogen) atoms. The molecule has 3 aromatic rings. The molecular weight excluding hydrogens is 263 g/mol. The molecule has 0 atom stereocenters. The number of halogens is 2. The summed E-state index contributed by atoms with van der Waals surface area (Å²) in [6.45, 7) is 2.01. The minimum absolute atomic E-state index is 0.334. The van der Waals surface area contributed by atoms with Crippen molar-refractivity contribution in [1.29, 1.82) is 0 Å². The Morgan fingerprint density at radius 2 is 1.74 bits per heavy atom. The van der Waals surface area contributed by atoms with Crippen LogP contribution in [0.2, 0.25) is 5.15 Å². The second kappa shape index (κ2) is 4.59. The number of nitrogens with zero attached hydrogens (tertiary/aromatic N) is 2. The van der Waals surface area contributed by atoms with Crippen LogP contribution in [0.25, 0.3) is 22.3 Å². The molecule has 0 aliphatic rings. The topological polar surface area (TPSA) is 25.8 Å². The van der Waals surface area contributed by atoms with Crippen molar-refractivity contribution in [2.45, 2.75) is 6.92 Å². The average Bonchev–Trinajstić information content (AvgIpc) is 2.38. The second-order valence-electron chi connectivity index (χ2n) is 4.37. The lowest BCUT2D eigenvalue weighted by Crippen LogP contribution is -1.92. The van der Waals surface area contributed by atoms with Crippen LogP contribution in [0.1, 0.15) is 5.56 Å². The van der Waals surface area contributed by atoms with Crippen molar-refractivity contribution in [2.24, 2.45) is 0 Å². The van der Waals surface area contributed by atoms with Crippen molar-refractivity contribution in [3.05, 3.63) is 59.0 Å². The third-order valence-corrected chi connectivity index (χ3v) is 3.21. The van der Waals surface area contributed by atoms with Gasteiger partial charge in [-0.3, -0.25) is 0 Å². The Labute approximate surface area is 114 Å². The van der Waals surface area contributed by atoms with E-state index in [1.165, 1.54) is 12.1 Å². The molecular formula is C15H10ClFN2. The minimum Gasteiger partial charge on any atom is -0.228 e. The van der Waals surface area contributed by atoms with Crippen LogP contribution in [0, 0.1) is 12.7 Å². The van der Waals surface area contributed by atoms with E-state index in [1.807, 2.05) is 31.2 Å². The van der Waals surface area contributed by atoms with Crippen LogP contribution in [0.4, 0.5) is 4.39 Å². The molecule has 0 saturated carbocycles. The Hall–Kier alpha value is -2.00. The lowest BCUT2D eigenvalue weighted by atomic mass is 10.1. The van der Waals surface area contributed by atoms with Crippen LogP contribution in [-0.4, -0.2) is 9.97 Å². The summed E-state index contributed by atoms with van der Waals surface area (Å²) in [6, 6.07) is 12.1. The zero-order valence-corrected chi connectivity index (χ0v) is 10.9. The van der Waals surface area contributed by atoms with Gasteiger partial charge in [0.25, 0.3) is 0 Å². The van der Waals surface area contributed by atoms with E-state index in [9.17, 15) is 4.39 Å². The van der Waals surface area contributed by atoms with Gasteiger partial charge in [0.2, 0.25) is 0 Å². The molecule has 1 aromatic heterocycles. The maximum absolute atomic E-state index is 13.3. The minimum atomic E-state index is -0.336. The predicted molar refractivity (Wildman–Crippen MR) is 74.7 cm³/mol. The zero-order valence-electron chi connectivity index (χ0n) is 10.2.